The van der Waals surface area contributed by atoms with Gasteiger partial charge in [0.1, 0.15) is 5.60 Å². The number of hydrogen-bond donors (Lipinski definition) is 1. The first-order valence-electron chi connectivity index (χ1n) is 5.23. The second-order valence-electron chi connectivity index (χ2n) is 4.47. The summed E-state index contributed by atoms with van der Waals surface area (Å²) in [4.78, 5) is 11.3. The van der Waals surface area contributed by atoms with E-state index in [-0.39, 0.29) is 0 Å². The summed E-state index contributed by atoms with van der Waals surface area (Å²) in [7, 11) is 0. The first-order chi connectivity index (χ1) is 7.47. The van der Waals surface area contributed by atoms with E-state index >= 15 is 0 Å². The monoisotopic (exact) mass is 219 g/mol. The summed E-state index contributed by atoms with van der Waals surface area (Å²) in [5, 5.41) is 2.48. The second-order valence-corrected chi connectivity index (χ2v) is 4.47. The van der Waals surface area contributed by atoms with E-state index in [2.05, 4.69) is 11.9 Å². The lowest BCUT2D eigenvalue weighted by molar-refractivity contribution is 0.0542. The normalized spacial score (nSPS) is 10.9. The molecule has 16 heavy (non-hydrogen) atoms. The van der Waals surface area contributed by atoms with Gasteiger partial charge in [-0.3, -0.25) is 0 Å². The van der Waals surface area contributed by atoms with Crippen LogP contribution in [0.3, 0.4) is 0 Å². The third-order valence-electron chi connectivity index (χ3n) is 1.72. The number of amides is 1. The minimum Gasteiger partial charge on any atom is -0.444 e. The standard InChI is InChI=1S/C13H17NO2/c1-13(2,3)16-12(15)14-10-9-11-7-5-4-6-8-11/h4-8H,9H2,1-3H3,(H,14,15). The highest BCUT2D eigenvalue weighted by Gasteiger charge is 2.15. The van der Waals surface area contributed by atoms with Crippen molar-refractivity contribution < 1.29 is 9.53 Å². The molecule has 0 fully saturated rings. The Morgan fingerprint density at radius 2 is 1.94 bits per heavy atom. The van der Waals surface area contributed by atoms with E-state index in [1.165, 1.54) is 0 Å². The number of hydrogen-bond acceptors (Lipinski definition) is 2. The molecule has 0 atom stereocenters. The van der Waals surface area contributed by atoms with Crippen LogP contribution in [-0.4, -0.2) is 11.7 Å². The van der Waals surface area contributed by atoms with Crippen molar-refractivity contribution in [3.8, 4) is 0 Å². The van der Waals surface area contributed by atoms with E-state index < -0.39 is 11.7 Å². The maximum absolute atomic E-state index is 11.3. The Bertz CT molecular complexity index is 328. The van der Waals surface area contributed by atoms with Gasteiger partial charge in [-0.15, -0.1) is 0 Å². The highest BCUT2D eigenvalue weighted by atomic mass is 16.6. The smallest absolute Gasteiger partial charge is 0.408 e. The minimum atomic E-state index is -0.474. The molecule has 1 rings (SSSR count). The fraction of sp³-hybridized carbons (Fsp3) is 0.385. The van der Waals surface area contributed by atoms with Gasteiger partial charge in [-0.05, 0) is 26.3 Å². The first kappa shape index (κ1) is 12.6. The van der Waals surface area contributed by atoms with Crippen molar-refractivity contribution in [1.82, 2.24) is 5.32 Å². The predicted octanol–water partition coefficient (Wildman–Crippen LogP) is 2.79. The van der Waals surface area contributed by atoms with Crippen molar-refractivity contribution in [3.05, 3.63) is 42.4 Å². The van der Waals surface area contributed by atoms with E-state index in [0.29, 0.717) is 6.42 Å². The van der Waals surface area contributed by atoms with Crippen LogP contribution in [0.2, 0.25) is 0 Å². The van der Waals surface area contributed by atoms with Crippen molar-refractivity contribution >= 4 is 6.09 Å². The second kappa shape index (κ2) is 5.54. The average Bonchev–Trinajstić information content (AvgIpc) is 2.16. The van der Waals surface area contributed by atoms with Gasteiger partial charge in [-0.1, -0.05) is 30.3 Å². The van der Waals surface area contributed by atoms with Gasteiger partial charge in [0.25, 0.3) is 0 Å². The number of ether oxygens (including phenoxy) is 1. The SMILES string of the molecule is CC(C)(C)OC(=O)N[C]Cc1ccccc1. The van der Waals surface area contributed by atoms with Gasteiger partial charge in [0.05, 0.1) is 6.54 Å². The van der Waals surface area contributed by atoms with Crippen molar-refractivity contribution in [2.45, 2.75) is 32.8 Å². The van der Waals surface area contributed by atoms with Crippen LogP contribution in [0.4, 0.5) is 4.79 Å². The molecule has 0 aliphatic carbocycles. The summed E-state index contributed by atoms with van der Waals surface area (Å²) in [6, 6.07) is 9.80. The molecule has 0 aliphatic heterocycles. The molecular formula is C13H17NO2. The van der Waals surface area contributed by atoms with Crippen molar-refractivity contribution in [2.75, 3.05) is 0 Å². The van der Waals surface area contributed by atoms with E-state index in [4.69, 9.17) is 4.74 Å². The number of carbonyl (C=O) groups is 1. The Morgan fingerprint density at radius 3 is 2.50 bits per heavy atom. The van der Waals surface area contributed by atoms with Crippen LogP contribution in [0.15, 0.2) is 30.3 Å². The fourth-order valence-corrected chi connectivity index (χ4v) is 1.12. The number of alkyl carbamates (subject to hydrolysis) is 1. The molecule has 0 spiro atoms. The molecule has 1 N–H and O–H groups in total. The van der Waals surface area contributed by atoms with E-state index in [1.807, 2.05) is 51.1 Å². The summed E-state index contributed by atoms with van der Waals surface area (Å²) < 4.78 is 5.06. The van der Waals surface area contributed by atoms with Gasteiger partial charge in [0.2, 0.25) is 0 Å². The fourth-order valence-electron chi connectivity index (χ4n) is 1.12. The number of nitrogens with one attached hydrogen (secondary N) is 1. The van der Waals surface area contributed by atoms with Crippen LogP contribution in [0.1, 0.15) is 26.3 Å². The number of carbonyl (C=O) groups excluding carboxylic acids is 1. The zero-order valence-corrected chi connectivity index (χ0v) is 9.91. The molecule has 0 saturated carbocycles. The lowest BCUT2D eigenvalue weighted by Crippen LogP contribution is -2.31. The molecule has 3 nitrogen and oxygen atoms in total. The van der Waals surface area contributed by atoms with Crippen molar-refractivity contribution in [1.29, 1.82) is 0 Å². The predicted molar refractivity (Wildman–Crippen MR) is 62.8 cm³/mol. The summed E-state index contributed by atoms with van der Waals surface area (Å²) in [6.07, 6.45) is 0.100. The van der Waals surface area contributed by atoms with Crippen LogP contribution in [0.25, 0.3) is 0 Å². The van der Waals surface area contributed by atoms with Gasteiger partial charge >= 0.3 is 6.09 Å². The molecule has 0 bridgehead atoms. The summed E-state index contributed by atoms with van der Waals surface area (Å²) in [5.41, 5.74) is 0.622. The molecule has 1 aromatic rings. The molecule has 1 amide bonds. The maximum atomic E-state index is 11.3. The lowest BCUT2D eigenvalue weighted by Gasteiger charge is -2.19. The third-order valence-corrected chi connectivity index (χ3v) is 1.72. The number of rotatable bonds is 3. The molecule has 86 valence electrons. The van der Waals surface area contributed by atoms with E-state index in [9.17, 15) is 4.79 Å². The molecule has 0 unspecified atom stereocenters. The van der Waals surface area contributed by atoms with Crippen LogP contribution in [-0.2, 0) is 11.2 Å². The molecular weight excluding hydrogens is 202 g/mol. The quantitative estimate of drug-likeness (QED) is 0.794. The van der Waals surface area contributed by atoms with E-state index in [0.717, 1.165) is 5.56 Å². The Balaban J connectivity index is 2.24. The van der Waals surface area contributed by atoms with Crippen LogP contribution in [0, 0.1) is 6.54 Å². The minimum absolute atomic E-state index is 0.469. The largest absolute Gasteiger partial charge is 0.444 e. The van der Waals surface area contributed by atoms with Crippen LogP contribution in [0.5, 0.6) is 0 Å². The summed E-state index contributed by atoms with van der Waals surface area (Å²) >= 11 is 0. The summed E-state index contributed by atoms with van der Waals surface area (Å²) in [6.45, 7) is 8.27. The van der Waals surface area contributed by atoms with Gasteiger partial charge in [0, 0.05) is 6.42 Å². The molecule has 3 heteroatoms. The van der Waals surface area contributed by atoms with Crippen LogP contribution >= 0.6 is 0 Å². The molecule has 0 saturated heterocycles. The first-order valence-corrected chi connectivity index (χ1v) is 5.23. The number of benzene rings is 1. The van der Waals surface area contributed by atoms with Crippen molar-refractivity contribution in [3.63, 3.8) is 0 Å². The summed E-state index contributed by atoms with van der Waals surface area (Å²) in [5.74, 6) is 0. The highest BCUT2D eigenvalue weighted by Crippen LogP contribution is 2.07. The third kappa shape index (κ3) is 5.39. The molecule has 0 aromatic heterocycles. The average molecular weight is 219 g/mol. The molecule has 0 aliphatic rings. The zero-order chi connectivity index (χ0) is 12.0. The van der Waals surface area contributed by atoms with Crippen molar-refractivity contribution in [2.24, 2.45) is 0 Å². The molecule has 1 aromatic carbocycles. The van der Waals surface area contributed by atoms with Gasteiger partial charge in [-0.25, -0.2) is 4.79 Å². The van der Waals surface area contributed by atoms with Crippen LogP contribution < -0.4 is 5.32 Å². The Hall–Kier alpha value is -1.51. The zero-order valence-electron chi connectivity index (χ0n) is 9.91. The molecule has 2 radical (unpaired) electrons. The topological polar surface area (TPSA) is 38.3 Å². The Labute approximate surface area is 96.8 Å². The lowest BCUT2D eigenvalue weighted by atomic mass is 10.1. The van der Waals surface area contributed by atoms with Gasteiger partial charge < -0.3 is 10.1 Å². The van der Waals surface area contributed by atoms with E-state index in [1.54, 1.807) is 0 Å². The highest BCUT2D eigenvalue weighted by molar-refractivity contribution is 5.68. The maximum Gasteiger partial charge on any atom is 0.408 e. The molecule has 0 heterocycles. The Kier molecular flexibility index (Phi) is 4.35. The van der Waals surface area contributed by atoms with Gasteiger partial charge in [-0.2, -0.15) is 0 Å². The Morgan fingerprint density at radius 1 is 1.31 bits per heavy atom. The van der Waals surface area contributed by atoms with Gasteiger partial charge in [0.15, 0.2) is 0 Å².